The van der Waals surface area contributed by atoms with Gasteiger partial charge in [0, 0.05) is 4.90 Å². The van der Waals surface area contributed by atoms with Crippen molar-refractivity contribution in [2.45, 2.75) is 17.6 Å². The van der Waals surface area contributed by atoms with Crippen molar-refractivity contribution in [1.82, 2.24) is 10.2 Å². The third-order valence-corrected chi connectivity index (χ3v) is 5.24. The molecule has 0 spiro atoms. The van der Waals surface area contributed by atoms with E-state index in [0.29, 0.717) is 10.9 Å². The van der Waals surface area contributed by atoms with Crippen LogP contribution in [-0.4, -0.2) is 16.2 Å². The number of anilines is 2. The molecule has 3 rings (SSSR count). The number of thioether (sulfide) groups is 1. The highest BCUT2D eigenvalue weighted by Gasteiger charge is 2.10. The molecule has 0 unspecified atom stereocenters. The fraction of sp³-hybridized carbons (Fsp3) is 0.118. The maximum absolute atomic E-state index is 13.5. The number of benzene rings is 2. The van der Waals surface area contributed by atoms with Crippen LogP contribution in [-0.2, 0) is 5.75 Å². The first-order valence-corrected chi connectivity index (χ1v) is 9.25. The van der Waals surface area contributed by atoms with Gasteiger partial charge in [-0.15, -0.1) is 22.0 Å². The Balaban J connectivity index is 1.53. The van der Waals surface area contributed by atoms with Gasteiger partial charge in [0.25, 0.3) is 0 Å². The molecule has 5 nitrogen and oxygen atoms in total. The van der Waals surface area contributed by atoms with Crippen LogP contribution in [0.5, 0.6) is 0 Å². The molecule has 3 aromatic rings. The maximum atomic E-state index is 13.5. The number of hydrogen-bond donors (Lipinski definition) is 2. The molecule has 2 aromatic carbocycles. The van der Waals surface area contributed by atoms with Gasteiger partial charge in [0.05, 0.1) is 11.4 Å². The molecule has 1 heterocycles. The summed E-state index contributed by atoms with van der Waals surface area (Å²) < 4.78 is 13.5. The second-order valence-electron chi connectivity index (χ2n) is 5.16. The molecular formula is C17H15FN4OS2. The van der Waals surface area contributed by atoms with Crippen molar-refractivity contribution in [2.75, 3.05) is 10.6 Å². The van der Waals surface area contributed by atoms with E-state index in [1.165, 1.54) is 29.0 Å². The molecule has 0 bridgehead atoms. The lowest BCUT2D eigenvalue weighted by Crippen LogP contribution is -2.19. The van der Waals surface area contributed by atoms with Crippen LogP contribution < -0.4 is 10.6 Å². The molecular weight excluding hydrogens is 359 g/mol. The Morgan fingerprint density at radius 3 is 2.64 bits per heavy atom. The number of urea groups is 1. The average molecular weight is 374 g/mol. The van der Waals surface area contributed by atoms with Gasteiger partial charge < -0.3 is 5.32 Å². The summed E-state index contributed by atoms with van der Waals surface area (Å²) in [5.74, 6) is 0.169. The third-order valence-electron chi connectivity index (χ3n) is 3.19. The number of halogens is 1. The number of amides is 2. The molecule has 2 N–H and O–H groups in total. The standard InChI is InChI=1S/C17H15FN4OS2/c1-11-6-8-12(9-7-11)24-10-15-21-22-17(25-15)20-16(23)19-14-5-3-2-4-13(14)18/h2-9H,10H2,1H3,(H2,19,20,22,23). The first-order chi connectivity index (χ1) is 12.1. The lowest BCUT2D eigenvalue weighted by atomic mass is 10.2. The molecule has 8 heteroatoms. The van der Waals surface area contributed by atoms with E-state index in [2.05, 4.69) is 45.1 Å². The van der Waals surface area contributed by atoms with Crippen molar-refractivity contribution in [3.8, 4) is 0 Å². The van der Waals surface area contributed by atoms with E-state index in [-0.39, 0.29) is 5.69 Å². The Morgan fingerprint density at radius 2 is 1.88 bits per heavy atom. The molecule has 128 valence electrons. The van der Waals surface area contributed by atoms with Crippen LogP contribution in [0.2, 0.25) is 0 Å². The van der Waals surface area contributed by atoms with Crippen molar-refractivity contribution >= 4 is 39.9 Å². The van der Waals surface area contributed by atoms with Gasteiger partial charge in [-0.05, 0) is 31.2 Å². The SMILES string of the molecule is Cc1ccc(SCc2nnc(NC(=O)Nc3ccccc3F)s2)cc1. The van der Waals surface area contributed by atoms with Crippen LogP contribution in [0.1, 0.15) is 10.6 Å². The van der Waals surface area contributed by atoms with E-state index in [4.69, 9.17) is 0 Å². The third kappa shape index (κ3) is 5.01. The molecule has 0 saturated carbocycles. The molecule has 25 heavy (non-hydrogen) atoms. The van der Waals surface area contributed by atoms with Crippen molar-refractivity contribution < 1.29 is 9.18 Å². The summed E-state index contributed by atoms with van der Waals surface area (Å²) in [7, 11) is 0. The number of nitrogens with one attached hydrogen (secondary N) is 2. The van der Waals surface area contributed by atoms with Gasteiger partial charge in [0.1, 0.15) is 10.8 Å². The predicted molar refractivity (Wildman–Crippen MR) is 99.7 cm³/mol. The highest BCUT2D eigenvalue weighted by Crippen LogP contribution is 2.26. The second kappa shape index (κ2) is 8.09. The Labute approximate surface area is 152 Å². The van der Waals surface area contributed by atoms with E-state index in [1.54, 1.807) is 23.9 Å². The first-order valence-electron chi connectivity index (χ1n) is 7.44. The highest BCUT2D eigenvalue weighted by atomic mass is 32.2. The number of carbonyl (C=O) groups is 1. The zero-order chi connectivity index (χ0) is 17.6. The van der Waals surface area contributed by atoms with Crippen LogP contribution in [0.15, 0.2) is 53.4 Å². The van der Waals surface area contributed by atoms with Gasteiger partial charge >= 0.3 is 6.03 Å². The van der Waals surface area contributed by atoms with Crippen LogP contribution in [0, 0.1) is 12.7 Å². The molecule has 0 aliphatic carbocycles. The van der Waals surface area contributed by atoms with E-state index >= 15 is 0 Å². The van der Waals surface area contributed by atoms with E-state index in [0.717, 1.165) is 9.90 Å². The minimum atomic E-state index is -0.556. The summed E-state index contributed by atoms with van der Waals surface area (Å²) in [6.45, 7) is 2.05. The van der Waals surface area contributed by atoms with Crippen molar-refractivity contribution in [2.24, 2.45) is 0 Å². The van der Waals surface area contributed by atoms with Crippen LogP contribution in [0.4, 0.5) is 20.0 Å². The predicted octanol–water partition coefficient (Wildman–Crippen LogP) is 4.92. The molecule has 0 saturated heterocycles. The Kier molecular flexibility index (Phi) is 5.62. The molecule has 0 fully saturated rings. The van der Waals surface area contributed by atoms with E-state index < -0.39 is 11.8 Å². The quantitative estimate of drug-likeness (QED) is 0.622. The lowest BCUT2D eigenvalue weighted by Gasteiger charge is -2.05. The number of nitrogens with zero attached hydrogens (tertiary/aromatic N) is 2. The number of rotatable bonds is 5. The monoisotopic (exact) mass is 374 g/mol. The van der Waals surface area contributed by atoms with Crippen LogP contribution in [0.25, 0.3) is 0 Å². The van der Waals surface area contributed by atoms with Gasteiger partial charge in [-0.25, -0.2) is 9.18 Å². The zero-order valence-corrected chi connectivity index (χ0v) is 15.0. The van der Waals surface area contributed by atoms with Gasteiger partial charge in [0.15, 0.2) is 0 Å². The number of para-hydroxylation sites is 1. The van der Waals surface area contributed by atoms with E-state index in [1.807, 2.05) is 6.92 Å². The normalized spacial score (nSPS) is 10.5. The minimum absolute atomic E-state index is 0.111. The van der Waals surface area contributed by atoms with Crippen LogP contribution >= 0.6 is 23.1 Å². The Morgan fingerprint density at radius 1 is 1.12 bits per heavy atom. The summed E-state index contributed by atoms with van der Waals surface area (Å²) in [6, 6.07) is 13.6. The van der Waals surface area contributed by atoms with Crippen molar-refractivity contribution in [3.05, 3.63) is 64.9 Å². The molecule has 2 amide bonds. The molecule has 0 radical (unpaired) electrons. The Bertz CT molecular complexity index is 867. The van der Waals surface area contributed by atoms with Gasteiger partial charge in [-0.3, -0.25) is 5.32 Å². The van der Waals surface area contributed by atoms with Crippen molar-refractivity contribution in [3.63, 3.8) is 0 Å². The van der Waals surface area contributed by atoms with Gasteiger partial charge in [-0.2, -0.15) is 0 Å². The molecule has 1 aromatic heterocycles. The summed E-state index contributed by atoms with van der Waals surface area (Å²) in [4.78, 5) is 13.0. The minimum Gasteiger partial charge on any atom is -0.305 e. The van der Waals surface area contributed by atoms with Crippen LogP contribution in [0.3, 0.4) is 0 Å². The fourth-order valence-electron chi connectivity index (χ4n) is 1.96. The number of aromatic nitrogens is 2. The first kappa shape index (κ1) is 17.4. The summed E-state index contributed by atoms with van der Waals surface area (Å²) in [5, 5.41) is 14.2. The number of aryl methyl sites for hydroxylation is 1. The summed E-state index contributed by atoms with van der Waals surface area (Å²) in [6.07, 6.45) is 0. The molecule has 0 aliphatic heterocycles. The van der Waals surface area contributed by atoms with Gasteiger partial charge in [-0.1, -0.05) is 41.2 Å². The molecule has 0 aliphatic rings. The topological polar surface area (TPSA) is 66.9 Å². The zero-order valence-electron chi connectivity index (χ0n) is 13.3. The van der Waals surface area contributed by atoms with Gasteiger partial charge in [0.2, 0.25) is 5.13 Å². The second-order valence-corrected chi connectivity index (χ2v) is 7.27. The Hall–Kier alpha value is -2.45. The lowest BCUT2D eigenvalue weighted by molar-refractivity contribution is 0.262. The summed E-state index contributed by atoms with van der Waals surface area (Å²) >= 11 is 2.94. The largest absolute Gasteiger partial charge is 0.325 e. The van der Waals surface area contributed by atoms with E-state index in [9.17, 15) is 9.18 Å². The fourth-order valence-corrected chi connectivity index (χ4v) is 3.57. The number of hydrogen-bond acceptors (Lipinski definition) is 5. The maximum Gasteiger partial charge on any atom is 0.325 e. The average Bonchev–Trinajstić information content (AvgIpc) is 3.04. The number of carbonyl (C=O) groups excluding carboxylic acids is 1. The van der Waals surface area contributed by atoms with Crippen molar-refractivity contribution in [1.29, 1.82) is 0 Å². The smallest absolute Gasteiger partial charge is 0.305 e. The highest BCUT2D eigenvalue weighted by molar-refractivity contribution is 7.98. The molecule has 0 atom stereocenters. The summed E-state index contributed by atoms with van der Waals surface area (Å²) in [5.41, 5.74) is 1.33.